The summed E-state index contributed by atoms with van der Waals surface area (Å²) in [6, 6.07) is 5.06. The summed E-state index contributed by atoms with van der Waals surface area (Å²) >= 11 is 0. The lowest BCUT2D eigenvalue weighted by Crippen LogP contribution is -2.13. The van der Waals surface area contributed by atoms with Crippen LogP contribution < -0.4 is 10.1 Å². The van der Waals surface area contributed by atoms with Crippen LogP contribution in [0.3, 0.4) is 0 Å². The zero-order valence-corrected chi connectivity index (χ0v) is 11.3. The zero-order chi connectivity index (χ0) is 14.4. The molecule has 0 amide bonds. The van der Waals surface area contributed by atoms with E-state index < -0.39 is 11.6 Å². The third-order valence-electron chi connectivity index (χ3n) is 2.73. The van der Waals surface area contributed by atoms with Crippen LogP contribution in [-0.2, 0) is 13.2 Å². The van der Waals surface area contributed by atoms with Crippen molar-refractivity contribution in [1.82, 2.24) is 5.32 Å². The lowest BCUT2D eigenvalue weighted by Gasteiger charge is -2.04. The second-order valence-corrected chi connectivity index (χ2v) is 4.46. The molecule has 20 heavy (non-hydrogen) atoms. The summed E-state index contributed by atoms with van der Waals surface area (Å²) in [5.41, 5.74) is 1.01. The Bertz CT molecular complexity index is 555. The minimum Gasteiger partial charge on any atom is -0.483 e. The number of ether oxygens (including phenoxy) is 1. The van der Waals surface area contributed by atoms with Gasteiger partial charge in [0.15, 0.2) is 11.6 Å². The van der Waals surface area contributed by atoms with Gasteiger partial charge in [-0.05, 0) is 31.2 Å². The van der Waals surface area contributed by atoms with Crippen LogP contribution in [0.2, 0.25) is 0 Å². The van der Waals surface area contributed by atoms with Crippen molar-refractivity contribution < 1.29 is 17.9 Å². The molecule has 0 aliphatic heterocycles. The first-order chi connectivity index (χ1) is 9.69. The third-order valence-corrected chi connectivity index (χ3v) is 2.73. The molecule has 0 atom stereocenters. The molecule has 1 aromatic heterocycles. The fourth-order valence-electron chi connectivity index (χ4n) is 1.75. The fraction of sp³-hybridized carbons (Fsp3) is 0.333. The molecular weight excluding hydrogens is 264 g/mol. The van der Waals surface area contributed by atoms with Crippen molar-refractivity contribution >= 4 is 0 Å². The molecule has 108 valence electrons. The van der Waals surface area contributed by atoms with Gasteiger partial charge in [0.05, 0.1) is 6.26 Å². The molecule has 0 saturated heterocycles. The van der Waals surface area contributed by atoms with Gasteiger partial charge in [0.1, 0.15) is 18.2 Å². The Labute approximate surface area is 116 Å². The predicted molar refractivity (Wildman–Crippen MR) is 71.4 cm³/mol. The van der Waals surface area contributed by atoms with Gasteiger partial charge in [-0.2, -0.15) is 0 Å². The van der Waals surface area contributed by atoms with E-state index in [1.807, 2.05) is 6.07 Å². The van der Waals surface area contributed by atoms with E-state index in [2.05, 4.69) is 12.2 Å². The van der Waals surface area contributed by atoms with Gasteiger partial charge in [-0.25, -0.2) is 8.78 Å². The van der Waals surface area contributed by atoms with Crippen LogP contribution in [0.1, 0.15) is 24.7 Å². The average molecular weight is 281 g/mol. The number of nitrogens with one attached hydrogen (secondary N) is 1. The van der Waals surface area contributed by atoms with Crippen LogP contribution in [0.4, 0.5) is 8.78 Å². The minimum atomic E-state index is -0.721. The van der Waals surface area contributed by atoms with Gasteiger partial charge in [0.2, 0.25) is 0 Å². The summed E-state index contributed by atoms with van der Waals surface area (Å²) in [4.78, 5) is 0. The minimum absolute atomic E-state index is 0.00783. The Morgan fingerprint density at radius 3 is 2.85 bits per heavy atom. The van der Waals surface area contributed by atoms with Crippen molar-refractivity contribution in [1.29, 1.82) is 0 Å². The fourth-order valence-corrected chi connectivity index (χ4v) is 1.75. The molecule has 1 heterocycles. The van der Waals surface area contributed by atoms with E-state index in [0.29, 0.717) is 5.76 Å². The van der Waals surface area contributed by atoms with E-state index in [1.54, 1.807) is 6.26 Å². The second-order valence-electron chi connectivity index (χ2n) is 4.46. The van der Waals surface area contributed by atoms with E-state index in [-0.39, 0.29) is 12.4 Å². The van der Waals surface area contributed by atoms with Gasteiger partial charge in [-0.15, -0.1) is 0 Å². The molecule has 0 saturated carbocycles. The lowest BCUT2D eigenvalue weighted by molar-refractivity contribution is 0.258. The monoisotopic (exact) mass is 281 g/mol. The number of rotatable bonds is 7. The zero-order valence-electron chi connectivity index (χ0n) is 11.3. The summed E-state index contributed by atoms with van der Waals surface area (Å²) < 4.78 is 36.7. The quantitative estimate of drug-likeness (QED) is 0.787. The van der Waals surface area contributed by atoms with E-state index in [1.165, 1.54) is 6.07 Å². The Hall–Kier alpha value is -1.88. The molecule has 0 aliphatic carbocycles. The van der Waals surface area contributed by atoms with Crippen LogP contribution in [0, 0.1) is 11.6 Å². The Morgan fingerprint density at radius 2 is 2.10 bits per heavy atom. The first kappa shape index (κ1) is 14.5. The molecule has 2 aromatic rings. The molecule has 0 bridgehead atoms. The van der Waals surface area contributed by atoms with Gasteiger partial charge in [-0.1, -0.05) is 6.92 Å². The summed E-state index contributed by atoms with van der Waals surface area (Å²) in [6.07, 6.45) is 2.71. The maximum absolute atomic E-state index is 13.4. The highest BCUT2D eigenvalue weighted by Crippen LogP contribution is 2.19. The highest BCUT2D eigenvalue weighted by atomic mass is 19.1. The van der Waals surface area contributed by atoms with E-state index in [9.17, 15) is 8.78 Å². The SMILES string of the molecule is CCCNCc1coc(COc2ccc(F)cc2F)c1. The first-order valence-corrected chi connectivity index (χ1v) is 6.54. The molecule has 1 aromatic carbocycles. The highest BCUT2D eigenvalue weighted by molar-refractivity contribution is 5.25. The maximum atomic E-state index is 13.4. The topological polar surface area (TPSA) is 34.4 Å². The van der Waals surface area contributed by atoms with E-state index in [4.69, 9.17) is 9.15 Å². The molecule has 5 heteroatoms. The Morgan fingerprint density at radius 1 is 1.25 bits per heavy atom. The van der Waals surface area contributed by atoms with Crippen molar-refractivity contribution in [2.24, 2.45) is 0 Å². The van der Waals surface area contributed by atoms with Crippen LogP contribution in [0.25, 0.3) is 0 Å². The third kappa shape index (κ3) is 4.06. The molecule has 2 rings (SSSR count). The summed E-state index contributed by atoms with van der Waals surface area (Å²) in [7, 11) is 0. The van der Waals surface area contributed by atoms with Gasteiger partial charge in [-0.3, -0.25) is 0 Å². The molecule has 0 spiro atoms. The largest absolute Gasteiger partial charge is 0.483 e. The molecule has 0 radical (unpaired) electrons. The lowest BCUT2D eigenvalue weighted by atomic mass is 10.3. The smallest absolute Gasteiger partial charge is 0.167 e. The molecule has 3 nitrogen and oxygen atoms in total. The number of hydrogen-bond donors (Lipinski definition) is 1. The maximum Gasteiger partial charge on any atom is 0.167 e. The molecular formula is C15H17F2NO2. The highest BCUT2D eigenvalue weighted by Gasteiger charge is 2.07. The Kier molecular flexibility index (Phi) is 5.12. The molecule has 1 N–H and O–H groups in total. The van der Waals surface area contributed by atoms with Crippen molar-refractivity contribution in [3.05, 3.63) is 53.5 Å². The number of benzene rings is 1. The van der Waals surface area contributed by atoms with Crippen molar-refractivity contribution in [2.75, 3.05) is 6.54 Å². The number of halogens is 2. The van der Waals surface area contributed by atoms with E-state index >= 15 is 0 Å². The van der Waals surface area contributed by atoms with Crippen LogP contribution in [0.15, 0.2) is 34.9 Å². The van der Waals surface area contributed by atoms with Crippen LogP contribution in [0.5, 0.6) is 5.75 Å². The van der Waals surface area contributed by atoms with Gasteiger partial charge in [0, 0.05) is 18.2 Å². The first-order valence-electron chi connectivity index (χ1n) is 6.54. The van der Waals surface area contributed by atoms with Crippen LogP contribution >= 0.6 is 0 Å². The van der Waals surface area contributed by atoms with Gasteiger partial charge < -0.3 is 14.5 Å². The van der Waals surface area contributed by atoms with Crippen molar-refractivity contribution in [2.45, 2.75) is 26.5 Å². The average Bonchev–Trinajstić information content (AvgIpc) is 2.86. The summed E-state index contributed by atoms with van der Waals surface area (Å²) in [5.74, 6) is -0.742. The second kappa shape index (κ2) is 7.05. The Balaban J connectivity index is 1.87. The van der Waals surface area contributed by atoms with Gasteiger partial charge >= 0.3 is 0 Å². The molecule has 0 fully saturated rings. The number of hydrogen-bond acceptors (Lipinski definition) is 3. The number of furan rings is 1. The standard InChI is InChI=1S/C15H17F2NO2/c1-2-5-18-8-11-6-13(19-9-11)10-20-15-4-3-12(16)7-14(15)17/h3-4,6-7,9,18H,2,5,8,10H2,1H3. The summed E-state index contributed by atoms with van der Waals surface area (Å²) in [6.45, 7) is 3.87. The van der Waals surface area contributed by atoms with Crippen molar-refractivity contribution in [3.63, 3.8) is 0 Å². The molecule has 0 unspecified atom stereocenters. The van der Waals surface area contributed by atoms with E-state index in [0.717, 1.165) is 37.2 Å². The normalized spacial score (nSPS) is 10.8. The molecule has 0 aliphatic rings. The summed E-state index contributed by atoms with van der Waals surface area (Å²) in [5, 5.41) is 3.25. The van der Waals surface area contributed by atoms with Crippen LogP contribution in [-0.4, -0.2) is 6.54 Å². The predicted octanol–water partition coefficient (Wildman–Crippen LogP) is 3.64. The van der Waals surface area contributed by atoms with Crippen molar-refractivity contribution in [3.8, 4) is 5.75 Å². The van der Waals surface area contributed by atoms with Gasteiger partial charge in [0.25, 0.3) is 0 Å².